The third-order valence-corrected chi connectivity index (χ3v) is 12.6. The predicted molar refractivity (Wildman–Crippen MR) is 252 cm³/mol. The van der Waals surface area contributed by atoms with Crippen LogP contribution in [-0.2, 0) is 5.41 Å². The monoisotopic (exact) mass is 790 g/mol. The van der Waals surface area contributed by atoms with Gasteiger partial charge in [-0.3, -0.25) is 0 Å². The van der Waals surface area contributed by atoms with Crippen molar-refractivity contribution in [2.45, 2.75) is 5.41 Å². The van der Waals surface area contributed by atoms with Crippen LogP contribution in [0.3, 0.4) is 0 Å². The minimum absolute atomic E-state index is 0.516. The van der Waals surface area contributed by atoms with Gasteiger partial charge in [-0.1, -0.05) is 212 Å². The van der Waals surface area contributed by atoms with E-state index in [0.717, 1.165) is 73.0 Å². The number of benzene rings is 9. The zero-order valence-electron chi connectivity index (χ0n) is 33.7. The average molecular weight is 791 g/mol. The van der Waals surface area contributed by atoms with Gasteiger partial charge in [-0.25, -0.2) is 9.97 Å². The maximum atomic E-state index is 6.91. The molecule has 2 heterocycles. The van der Waals surface area contributed by atoms with Crippen LogP contribution in [0.4, 0.5) is 0 Å². The van der Waals surface area contributed by atoms with Gasteiger partial charge in [0, 0.05) is 27.8 Å². The maximum absolute atomic E-state index is 6.91. The first-order chi connectivity index (χ1) is 30.7. The zero-order chi connectivity index (χ0) is 41.0. The van der Waals surface area contributed by atoms with Crippen molar-refractivity contribution in [3.8, 4) is 89.9 Å². The molecule has 0 atom stereocenters. The number of fused-ring (bicyclic) bond motifs is 9. The van der Waals surface area contributed by atoms with E-state index >= 15 is 0 Å². The van der Waals surface area contributed by atoms with E-state index in [9.17, 15) is 0 Å². The Bertz CT molecular complexity index is 3150. The minimum Gasteiger partial charge on any atom is -0.457 e. The van der Waals surface area contributed by atoms with E-state index in [1.807, 2.05) is 12.1 Å². The summed E-state index contributed by atoms with van der Waals surface area (Å²) in [6.07, 6.45) is 0. The lowest BCUT2D eigenvalue weighted by Gasteiger charge is -2.39. The van der Waals surface area contributed by atoms with E-state index in [1.54, 1.807) is 0 Å². The van der Waals surface area contributed by atoms with Crippen molar-refractivity contribution in [2.24, 2.45) is 0 Å². The summed E-state index contributed by atoms with van der Waals surface area (Å²) in [5.41, 5.74) is 18.3. The van der Waals surface area contributed by atoms with Gasteiger partial charge in [0.2, 0.25) is 0 Å². The van der Waals surface area contributed by atoms with Crippen LogP contribution in [0.1, 0.15) is 22.3 Å². The molecule has 0 radical (unpaired) electrons. The van der Waals surface area contributed by atoms with E-state index < -0.39 is 5.41 Å². The van der Waals surface area contributed by atoms with Gasteiger partial charge in [0.05, 0.1) is 16.8 Å². The van der Waals surface area contributed by atoms with Crippen molar-refractivity contribution in [2.75, 3.05) is 0 Å². The Hall–Kier alpha value is -8.14. The Morgan fingerprint density at radius 2 is 0.710 bits per heavy atom. The molecule has 3 nitrogen and oxygen atoms in total. The van der Waals surface area contributed by atoms with Gasteiger partial charge in [-0.05, 0) is 73.8 Å². The number of hydrogen-bond acceptors (Lipinski definition) is 3. The van der Waals surface area contributed by atoms with Gasteiger partial charge in [-0.2, -0.15) is 0 Å². The molecule has 9 aromatic carbocycles. The lowest BCUT2D eigenvalue weighted by atomic mass is 9.66. The zero-order valence-corrected chi connectivity index (χ0v) is 33.7. The highest BCUT2D eigenvalue weighted by molar-refractivity contribution is 5.90. The number of rotatable bonds is 6. The van der Waals surface area contributed by atoms with Crippen LogP contribution in [0.15, 0.2) is 231 Å². The van der Waals surface area contributed by atoms with Crippen molar-refractivity contribution in [1.82, 2.24) is 9.97 Å². The van der Waals surface area contributed by atoms with Crippen molar-refractivity contribution >= 4 is 0 Å². The van der Waals surface area contributed by atoms with Crippen LogP contribution >= 0.6 is 0 Å². The van der Waals surface area contributed by atoms with Gasteiger partial charge in [0.15, 0.2) is 5.82 Å². The number of nitrogens with zero attached hydrogens (tertiary/aromatic N) is 2. The summed E-state index contributed by atoms with van der Waals surface area (Å²) in [6, 6.07) is 81.9. The molecular weight excluding hydrogens is 753 g/mol. The molecule has 0 unspecified atom stereocenters. The topological polar surface area (TPSA) is 35.0 Å². The third-order valence-electron chi connectivity index (χ3n) is 12.6. The van der Waals surface area contributed by atoms with Gasteiger partial charge in [0.1, 0.15) is 11.5 Å². The number of ether oxygens (including phenoxy) is 1. The summed E-state index contributed by atoms with van der Waals surface area (Å²) in [4.78, 5) is 10.6. The summed E-state index contributed by atoms with van der Waals surface area (Å²) < 4.78 is 6.91. The molecule has 1 aliphatic heterocycles. The first kappa shape index (κ1) is 35.8. The molecule has 12 rings (SSSR count). The lowest BCUT2D eigenvalue weighted by molar-refractivity contribution is 0.436. The molecule has 290 valence electrons. The summed E-state index contributed by atoms with van der Waals surface area (Å²) in [5.74, 6) is 2.40. The highest BCUT2D eigenvalue weighted by Crippen LogP contribution is 2.62. The first-order valence-electron chi connectivity index (χ1n) is 21.1. The summed E-state index contributed by atoms with van der Waals surface area (Å²) in [5, 5.41) is 0. The average Bonchev–Trinajstić information content (AvgIpc) is 3.65. The number of hydrogen-bond donors (Lipinski definition) is 0. The molecule has 10 aromatic rings. The molecule has 0 saturated carbocycles. The van der Waals surface area contributed by atoms with Crippen LogP contribution in [0, 0.1) is 0 Å². The highest BCUT2D eigenvalue weighted by atomic mass is 16.5. The highest BCUT2D eigenvalue weighted by Gasteiger charge is 2.50. The largest absolute Gasteiger partial charge is 0.457 e. The normalized spacial score (nSPS) is 12.8. The van der Waals surface area contributed by atoms with Gasteiger partial charge < -0.3 is 4.74 Å². The van der Waals surface area contributed by atoms with Crippen molar-refractivity contribution in [1.29, 1.82) is 0 Å². The molecule has 3 heteroatoms. The Kier molecular flexibility index (Phi) is 8.39. The number of aromatic nitrogens is 2. The van der Waals surface area contributed by atoms with Gasteiger partial charge in [0.25, 0.3) is 0 Å². The fraction of sp³-hybridized carbons (Fsp3) is 0.0169. The van der Waals surface area contributed by atoms with E-state index in [-0.39, 0.29) is 0 Å². The van der Waals surface area contributed by atoms with Gasteiger partial charge >= 0.3 is 0 Å². The quantitative estimate of drug-likeness (QED) is 0.168. The second-order valence-corrected chi connectivity index (χ2v) is 16.0. The Balaban J connectivity index is 1.01. The smallest absolute Gasteiger partial charge is 0.160 e. The second kappa shape index (κ2) is 14.5. The molecule has 1 spiro atoms. The van der Waals surface area contributed by atoms with E-state index in [0.29, 0.717) is 5.82 Å². The summed E-state index contributed by atoms with van der Waals surface area (Å²) in [7, 11) is 0. The molecule has 62 heavy (non-hydrogen) atoms. The third kappa shape index (κ3) is 5.74. The lowest BCUT2D eigenvalue weighted by Crippen LogP contribution is -2.32. The van der Waals surface area contributed by atoms with Crippen LogP contribution in [0.5, 0.6) is 11.5 Å². The SMILES string of the molecule is c1ccc(-c2ccc(-c3cc(-c4ccccc4-c4ccc5c(c4)Oc4ccccc4C54c5ccccc5-c5ccccc54)nc(-c4ccc(-c5ccccc5)cc4)n3)cc2)cc1. The Morgan fingerprint density at radius 1 is 0.274 bits per heavy atom. The first-order valence-corrected chi connectivity index (χ1v) is 21.1. The van der Waals surface area contributed by atoms with E-state index in [4.69, 9.17) is 14.7 Å². The van der Waals surface area contributed by atoms with Crippen LogP contribution in [-0.4, -0.2) is 9.97 Å². The van der Waals surface area contributed by atoms with Crippen molar-refractivity contribution in [3.63, 3.8) is 0 Å². The maximum Gasteiger partial charge on any atom is 0.160 e. The van der Waals surface area contributed by atoms with Crippen molar-refractivity contribution in [3.05, 3.63) is 253 Å². The van der Waals surface area contributed by atoms with E-state index in [1.165, 1.54) is 33.4 Å². The number of para-hydroxylation sites is 1. The van der Waals surface area contributed by atoms with Crippen molar-refractivity contribution < 1.29 is 4.74 Å². The standard InChI is InChI=1S/C59H38N2O/c1-3-15-39(16-4-1)41-27-31-43(32-28-41)54-38-55(61-58(60-54)44-33-29-42(30-34-44)40-17-5-2-6-18-40)49-22-8-7-19-46(49)45-35-36-53-57(37-45)62-56-26-14-13-25-52(56)59(53)50-23-11-9-20-47(50)48-21-10-12-24-51(48)59/h1-38H. The fourth-order valence-corrected chi connectivity index (χ4v) is 9.76. The Labute approximate surface area is 361 Å². The van der Waals surface area contributed by atoms with E-state index in [2.05, 4.69) is 218 Å². The molecule has 2 aliphatic rings. The molecule has 0 saturated heterocycles. The predicted octanol–water partition coefficient (Wildman–Crippen LogP) is 14.9. The van der Waals surface area contributed by atoms with Crippen LogP contribution < -0.4 is 4.74 Å². The summed E-state index contributed by atoms with van der Waals surface area (Å²) >= 11 is 0. The second-order valence-electron chi connectivity index (χ2n) is 16.0. The molecule has 0 amide bonds. The molecular formula is C59H38N2O. The molecule has 1 aromatic heterocycles. The molecule has 0 bridgehead atoms. The molecule has 0 N–H and O–H groups in total. The van der Waals surface area contributed by atoms with Crippen LogP contribution in [0.25, 0.3) is 78.4 Å². The van der Waals surface area contributed by atoms with Gasteiger partial charge in [-0.15, -0.1) is 0 Å². The molecule has 1 aliphatic carbocycles. The molecule has 0 fully saturated rings. The minimum atomic E-state index is -0.516. The Morgan fingerprint density at radius 3 is 1.34 bits per heavy atom. The van der Waals surface area contributed by atoms with Crippen LogP contribution in [0.2, 0.25) is 0 Å². The summed E-state index contributed by atoms with van der Waals surface area (Å²) in [6.45, 7) is 0. The fourth-order valence-electron chi connectivity index (χ4n) is 9.76.